The SMILES string of the molecule is CCC(C)(C)C1CCC(NC(C)CN2CCCC2=O)CC1. The first kappa shape index (κ1) is 16.8. The molecule has 1 unspecified atom stereocenters. The summed E-state index contributed by atoms with van der Waals surface area (Å²) in [6, 6.07) is 1.08. The molecule has 1 aliphatic heterocycles. The number of nitrogens with one attached hydrogen (secondary N) is 1. The van der Waals surface area contributed by atoms with Gasteiger partial charge in [0.25, 0.3) is 0 Å². The Bertz CT molecular complexity index is 345. The number of rotatable bonds is 6. The maximum absolute atomic E-state index is 11.7. The van der Waals surface area contributed by atoms with Gasteiger partial charge in [0.05, 0.1) is 0 Å². The van der Waals surface area contributed by atoms with Crippen LogP contribution >= 0.6 is 0 Å². The zero-order chi connectivity index (χ0) is 15.5. The molecule has 0 aromatic heterocycles. The van der Waals surface area contributed by atoms with Gasteiger partial charge in [-0.25, -0.2) is 0 Å². The molecule has 1 atom stereocenters. The monoisotopic (exact) mass is 294 g/mol. The molecule has 1 saturated heterocycles. The zero-order valence-corrected chi connectivity index (χ0v) is 14.5. The van der Waals surface area contributed by atoms with Crippen LogP contribution in [0.1, 0.15) is 72.6 Å². The molecule has 1 heterocycles. The van der Waals surface area contributed by atoms with Crippen molar-refractivity contribution in [2.75, 3.05) is 13.1 Å². The van der Waals surface area contributed by atoms with Crippen LogP contribution in [0.15, 0.2) is 0 Å². The minimum absolute atomic E-state index is 0.344. The first-order valence-corrected chi connectivity index (χ1v) is 8.96. The van der Waals surface area contributed by atoms with E-state index in [0.29, 0.717) is 23.4 Å². The second kappa shape index (κ2) is 7.13. The van der Waals surface area contributed by atoms with E-state index >= 15 is 0 Å². The largest absolute Gasteiger partial charge is 0.341 e. The summed E-state index contributed by atoms with van der Waals surface area (Å²) in [5, 5.41) is 3.76. The summed E-state index contributed by atoms with van der Waals surface area (Å²) in [4.78, 5) is 13.7. The van der Waals surface area contributed by atoms with Gasteiger partial charge in [0, 0.05) is 31.6 Å². The van der Waals surface area contributed by atoms with Crippen molar-refractivity contribution in [1.29, 1.82) is 0 Å². The average Bonchev–Trinajstić information content (AvgIpc) is 2.85. The number of carbonyl (C=O) groups excluding carboxylic acids is 1. The molecule has 1 saturated carbocycles. The van der Waals surface area contributed by atoms with Crippen molar-refractivity contribution in [3.05, 3.63) is 0 Å². The second-order valence-corrected chi connectivity index (χ2v) is 7.90. The van der Waals surface area contributed by atoms with Gasteiger partial charge in [0.15, 0.2) is 0 Å². The minimum atomic E-state index is 0.344. The quantitative estimate of drug-likeness (QED) is 0.812. The van der Waals surface area contributed by atoms with Crippen molar-refractivity contribution in [2.45, 2.75) is 84.7 Å². The molecule has 1 amide bonds. The van der Waals surface area contributed by atoms with E-state index in [4.69, 9.17) is 0 Å². The Balaban J connectivity index is 1.72. The van der Waals surface area contributed by atoms with Crippen molar-refractivity contribution in [2.24, 2.45) is 11.3 Å². The summed E-state index contributed by atoms with van der Waals surface area (Å²) < 4.78 is 0. The molecule has 3 nitrogen and oxygen atoms in total. The average molecular weight is 294 g/mol. The van der Waals surface area contributed by atoms with Gasteiger partial charge < -0.3 is 10.2 Å². The summed E-state index contributed by atoms with van der Waals surface area (Å²) >= 11 is 0. The lowest BCUT2D eigenvalue weighted by molar-refractivity contribution is -0.128. The fourth-order valence-electron chi connectivity index (χ4n) is 4.01. The van der Waals surface area contributed by atoms with Crippen LogP contribution in [0.5, 0.6) is 0 Å². The summed E-state index contributed by atoms with van der Waals surface area (Å²) in [6.07, 6.45) is 8.39. The third-order valence-corrected chi connectivity index (χ3v) is 5.93. The third-order valence-electron chi connectivity index (χ3n) is 5.93. The van der Waals surface area contributed by atoms with E-state index in [1.165, 1.54) is 32.1 Å². The lowest BCUT2D eigenvalue weighted by Gasteiger charge is -2.40. The number of nitrogens with zero attached hydrogens (tertiary/aromatic N) is 1. The maximum atomic E-state index is 11.7. The first-order chi connectivity index (χ1) is 9.92. The smallest absolute Gasteiger partial charge is 0.222 e. The fraction of sp³-hybridized carbons (Fsp3) is 0.944. The molecule has 2 fully saturated rings. The number of carbonyl (C=O) groups is 1. The zero-order valence-electron chi connectivity index (χ0n) is 14.5. The van der Waals surface area contributed by atoms with Gasteiger partial charge in [-0.1, -0.05) is 27.2 Å². The first-order valence-electron chi connectivity index (χ1n) is 8.96. The highest BCUT2D eigenvalue weighted by Crippen LogP contribution is 2.40. The van der Waals surface area contributed by atoms with E-state index in [1.807, 2.05) is 4.90 Å². The molecule has 0 spiro atoms. The molecule has 2 aliphatic rings. The summed E-state index contributed by atoms with van der Waals surface area (Å²) in [5.41, 5.74) is 0.499. The lowest BCUT2D eigenvalue weighted by atomic mass is 9.69. The van der Waals surface area contributed by atoms with Gasteiger partial charge in [-0.2, -0.15) is 0 Å². The van der Waals surface area contributed by atoms with Gasteiger partial charge >= 0.3 is 0 Å². The molecule has 1 N–H and O–H groups in total. The molecule has 0 radical (unpaired) electrons. The predicted molar refractivity (Wildman–Crippen MR) is 88.2 cm³/mol. The highest BCUT2D eigenvalue weighted by atomic mass is 16.2. The lowest BCUT2D eigenvalue weighted by Crippen LogP contribution is -2.46. The molecule has 0 bridgehead atoms. The predicted octanol–water partition coefficient (Wildman–Crippen LogP) is 3.58. The van der Waals surface area contributed by atoms with Crippen LogP contribution in [0.25, 0.3) is 0 Å². The molecule has 1 aliphatic carbocycles. The molecule has 0 aromatic carbocycles. The number of hydrogen-bond donors (Lipinski definition) is 1. The van der Waals surface area contributed by atoms with Gasteiger partial charge in [-0.3, -0.25) is 4.79 Å². The molecular weight excluding hydrogens is 260 g/mol. The van der Waals surface area contributed by atoms with Gasteiger partial charge in [0.1, 0.15) is 0 Å². The van der Waals surface area contributed by atoms with Crippen LogP contribution in [0.3, 0.4) is 0 Å². The Labute approximate surface area is 130 Å². The van der Waals surface area contributed by atoms with Crippen LogP contribution in [0.2, 0.25) is 0 Å². The van der Waals surface area contributed by atoms with E-state index in [-0.39, 0.29) is 0 Å². The van der Waals surface area contributed by atoms with Crippen molar-refractivity contribution in [3.8, 4) is 0 Å². The Kier molecular flexibility index (Phi) is 5.70. The summed E-state index contributed by atoms with van der Waals surface area (Å²) in [6.45, 7) is 11.2. The topological polar surface area (TPSA) is 32.3 Å². The van der Waals surface area contributed by atoms with Crippen molar-refractivity contribution in [3.63, 3.8) is 0 Å². The van der Waals surface area contributed by atoms with E-state index in [2.05, 4.69) is 33.0 Å². The van der Waals surface area contributed by atoms with Crippen molar-refractivity contribution >= 4 is 5.91 Å². The number of likely N-dealkylation sites (tertiary alicyclic amines) is 1. The molecule has 3 heteroatoms. The summed E-state index contributed by atoms with van der Waals surface area (Å²) in [7, 11) is 0. The van der Waals surface area contributed by atoms with Crippen molar-refractivity contribution in [1.82, 2.24) is 10.2 Å². The van der Waals surface area contributed by atoms with Crippen LogP contribution in [0.4, 0.5) is 0 Å². The Hall–Kier alpha value is -0.570. The van der Waals surface area contributed by atoms with E-state index < -0.39 is 0 Å². The number of amides is 1. The Morgan fingerprint density at radius 2 is 1.95 bits per heavy atom. The normalized spacial score (nSPS) is 29.0. The molecular formula is C18H34N2O. The standard InChI is InChI=1S/C18H34N2O/c1-5-18(3,4)15-8-10-16(11-9-15)19-14(2)13-20-12-6-7-17(20)21/h14-16,19H,5-13H2,1-4H3. The van der Waals surface area contributed by atoms with Crippen LogP contribution < -0.4 is 5.32 Å². The number of hydrogen-bond acceptors (Lipinski definition) is 2. The van der Waals surface area contributed by atoms with Crippen LogP contribution in [-0.2, 0) is 4.79 Å². The Morgan fingerprint density at radius 3 is 2.48 bits per heavy atom. The van der Waals surface area contributed by atoms with Crippen LogP contribution in [0, 0.1) is 11.3 Å². The third kappa shape index (κ3) is 4.45. The maximum Gasteiger partial charge on any atom is 0.222 e. The highest BCUT2D eigenvalue weighted by molar-refractivity contribution is 5.78. The molecule has 2 rings (SSSR count). The highest BCUT2D eigenvalue weighted by Gasteiger charge is 2.32. The molecule has 122 valence electrons. The minimum Gasteiger partial charge on any atom is -0.341 e. The van der Waals surface area contributed by atoms with E-state index in [9.17, 15) is 4.79 Å². The van der Waals surface area contributed by atoms with Gasteiger partial charge in [-0.15, -0.1) is 0 Å². The summed E-state index contributed by atoms with van der Waals surface area (Å²) in [5.74, 6) is 1.23. The van der Waals surface area contributed by atoms with Crippen LogP contribution in [-0.4, -0.2) is 36.0 Å². The van der Waals surface area contributed by atoms with Gasteiger partial charge in [0.2, 0.25) is 5.91 Å². The second-order valence-electron chi connectivity index (χ2n) is 7.90. The van der Waals surface area contributed by atoms with Gasteiger partial charge in [-0.05, 0) is 50.4 Å². The van der Waals surface area contributed by atoms with E-state index in [0.717, 1.165) is 31.8 Å². The van der Waals surface area contributed by atoms with E-state index in [1.54, 1.807) is 0 Å². The van der Waals surface area contributed by atoms with Crippen molar-refractivity contribution < 1.29 is 4.79 Å². The fourth-order valence-corrected chi connectivity index (χ4v) is 4.01. The molecule has 21 heavy (non-hydrogen) atoms. The molecule has 0 aromatic rings. The Morgan fingerprint density at radius 1 is 1.29 bits per heavy atom.